The number of aromatic amines is 1. The van der Waals surface area contributed by atoms with Crippen LogP contribution < -0.4 is 11.1 Å². The number of aromatic nitrogens is 2. The average Bonchev–Trinajstić information content (AvgIpc) is 2.81. The topological polar surface area (TPSA) is 101 Å². The van der Waals surface area contributed by atoms with E-state index in [2.05, 4.69) is 10.4 Å². The lowest BCUT2D eigenvalue weighted by Gasteiger charge is -2.30. The monoisotopic (exact) mass is 318 g/mol. The average molecular weight is 318 g/mol. The molecule has 2 rings (SSSR count). The van der Waals surface area contributed by atoms with Crippen molar-refractivity contribution in [1.29, 1.82) is 0 Å². The van der Waals surface area contributed by atoms with Gasteiger partial charge in [-0.3, -0.25) is 14.7 Å². The fourth-order valence-electron chi connectivity index (χ4n) is 2.63. The van der Waals surface area contributed by atoms with E-state index in [0.717, 1.165) is 25.7 Å². The molecule has 0 aliphatic heterocycles. The third kappa shape index (κ3) is 3.40. The van der Waals surface area contributed by atoms with Crippen molar-refractivity contribution in [2.75, 3.05) is 0 Å². The van der Waals surface area contributed by atoms with Crippen LogP contribution in [0.2, 0.25) is 0 Å². The van der Waals surface area contributed by atoms with Crippen LogP contribution in [-0.4, -0.2) is 27.6 Å². The third-order valence-electron chi connectivity index (χ3n) is 3.90. The van der Waals surface area contributed by atoms with Crippen molar-refractivity contribution in [3.63, 3.8) is 0 Å². The Labute approximate surface area is 124 Å². The maximum absolute atomic E-state index is 12.5. The Kier molecular flexibility index (Phi) is 4.43. The van der Waals surface area contributed by atoms with E-state index in [9.17, 15) is 22.8 Å². The van der Waals surface area contributed by atoms with E-state index in [-0.39, 0.29) is 0 Å². The highest BCUT2D eigenvalue weighted by Crippen LogP contribution is 2.29. The molecular formula is C13H17F3N4O2. The van der Waals surface area contributed by atoms with Crippen molar-refractivity contribution in [2.24, 2.45) is 5.73 Å². The van der Waals surface area contributed by atoms with Crippen LogP contribution in [0, 0.1) is 0 Å². The molecule has 2 amide bonds. The van der Waals surface area contributed by atoms with Crippen molar-refractivity contribution >= 4 is 11.8 Å². The number of nitrogens with one attached hydrogen (secondary N) is 2. The molecule has 0 radical (unpaired) electrons. The van der Waals surface area contributed by atoms with Gasteiger partial charge in [-0.15, -0.1) is 0 Å². The number of rotatable bonds is 3. The van der Waals surface area contributed by atoms with Crippen molar-refractivity contribution in [2.45, 2.75) is 50.2 Å². The molecule has 1 aromatic rings. The molecule has 0 bridgehead atoms. The maximum atomic E-state index is 12.5. The Morgan fingerprint density at radius 2 is 1.82 bits per heavy atom. The highest BCUT2D eigenvalue weighted by atomic mass is 19.4. The Balaban J connectivity index is 2.18. The minimum atomic E-state index is -4.62. The molecule has 0 saturated heterocycles. The first kappa shape index (κ1) is 16.3. The number of hydrogen-bond acceptors (Lipinski definition) is 3. The molecule has 1 aliphatic rings. The Morgan fingerprint density at radius 3 is 2.27 bits per heavy atom. The number of primary amides is 1. The van der Waals surface area contributed by atoms with Crippen LogP contribution in [0.4, 0.5) is 13.2 Å². The molecule has 1 heterocycles. The van der Waals surface area contributed by atoms with Crippen LogP contribution in [0.3, 0.4) is 0 Å². The zero-order valence-corrected chi connectivity index (χ0v) is 11.8. The van der Waals surface area contributed by atoms with Gasteiger partial charge in [-0.1, -0.05) is 25.7 Å². The van der Waals surface area contributed by atoms with Crippen molar-refractivity contribution < 1.29 is 22.8 Å². The van der Waals surface area contributed by atoms with Crippen LogP contribution >= 0.6 is 0 Å². The lowest BCUT2D eigenvalue weighted by atomic mass is 9.89. The van der Waals surface area contributed by atoms with Crippen LogP contribution in [-0.2, 0) is 11.0 Å². The molecule has 0 aromatic carbocycles. The van der Waals surface area contributed by atoms with Gasteiger partial charge in [0.05, 0.1) is 0 Å². The van der Waals surface area contributed by atoms with Gasteiger partial charge in [0.15, 0.2) is 5.69 Å². The smallest absolute Gasteiger partial charge is 0.368 e. The zero-order chi connectivity index (χ0) is 16.4. The minimum absolute atomic E-state index is 0.380. The molecule has 22 heavy (non-hydrogen) atoms. The van der Waals surface area contributed by atoms with E-state index in [1.54, 1.807) is 5.10 Å². The number of carbonyl (C=O) groups excluding carboxylic acids is 2. The first-order valence-corrected chi connectivity index (χ1v) is 7.00. The SMILES string of the molecule is NC(=O)C1(NC(=O)c2cc(C(F)(F)F)[nH]n2)CCCCCC1. The number of carbonyl (C=O) groups is 2. The predicted octanol–water partition coefficient (Wildman–Crippen LogP) is 1.74. The summed E-state index contributed by atoms with van der Waals surface area (Å²) < 4.78 is 37.5. The summed E-state index contributed by atoms with van der Waals surface area (Å²) in [6.07, 6.45) is -0.573. The van der Waals surface area contributed by atoms with Crippen molar-refractivity contribution in [3.8, 4) is 0 Å². The largest absolute Gasteiger partial charge is 0.432 e. The van der Waals surface area contributed by atoms with Gasteiger partial charge in [0.25, 0.3) is 5.91 Å². The molecule has 1 saturated carbocycles. The van der Waals surface area contributed by atoms with Crippen molar-refractivity contribution in [1.82, 2.24) is 15.5 Å². The molecule has 4 N–H and O–H groups in total. The molecule has 6 nitrogen and oxygen atoms in total. The van der Waals surface area contributed by atoms with Gasteiger partial charge >= 0.3 is 6.18 Å². The predicted molar refractivity (Wildman–Crippen MR) is 70.7 cm³/mol. The first-order chi connectivity index (χ1) is 10.2. The number of alkyl halides is 3. The van der Waals surface area contributed by atoms with E-state index in [4.69, 9.17) is 5.73 Å². The van der Waals surface area contributed by atoms with Gasteiger partial charge < -0.3 is 11.1 Å². The second-order valence-electron chi connectivity index (χ2n) is 5.48. The fourth-order valence-corrected chi connectivity index (χ4v) is 2.63. The summed E-state index contributed by atoms with van der Waals surface area (Å²) in [6.45, 7) is 0. The highest BCUT2D eigenvalue weighted by Gasteiger charge is 2.40. The molecule has 1 aromatic heterocycles. The standard InChI is InChI=1S/C13H17F3N4O2/c14-13(15,16)9-7-8(19-20-9)10(21)18-12(11(17)22)5-3-1-2-4-6-12/h7H,1-6H2,(H2,17,22)(H,18,21)(H,19,20). The van der Waals surface area contributed by atoms with Crippen LogP contribution in [0.25, 0.3) is 0 Å². The summed E-state index contributed by atoms with van der Waals surface area (Å²) in [6, 6.07) is 0.612. The first-order valence-electron chi connectivity index (χ1n) is 7.00. The Morgan fingerprint density at radius 1 is 1.23 bits per heavy atom. The summed E-state index contributed by atoms with van der Waals surface area (Å²) in [5.41, 5.74) is 2.66. The molecule has 0 atom stereocenters. The quantitative estimate of drug-likeness (QED) is 0.740. The summed E-state index contributed by atoms with van der Waals surface area (Å²) in [5, 5.41) is 7.61. The number of hydrogen-bond donors (Lipinski definition) is 3. The van der Waals surface area contributed by atoms with E-state index in [1.165, 1.54) is 0 Å². The van der Waals surface area contributed by atoms with Crippen LogP contribution in [0.1, 0.15) is 54.7 Å². The zero-order valence-electron chi connectivity index (χ0n) is 11.8. The molecular weight excluding hydrogens is 301 g/mol. The minimum Gasteiger partial charge on any atom is -0.368 e. The van der Waals surface area contributed by atoms with Crippen molar-refractivity contribution in [3.05, 3.63) is 17.5 Å². The normalized spacial score (nSPS) is 18.5. The fraction of sp³-hybridized carbons (Fsp3) is 0.615. The molecule has 9 heteroatoms. The molecule has 122 valence electrons. The third-order valence-corrected chi connectivity index (χ3v) is 3.90. The number of amides is 2. The summed E-state index contributed by atoms with van der Waals surface area (Å²) in [4.78, 5) is 23.9. The van der Waals surface area contributed by atoms with Gasteiger partial charge in [-0.2, -0.15) is 18.3 Å². The summed E-state index contributed by atoms with van der Waals surface area (Å²) in [5.74, 6) is -1.51. The second-order valence-corrected chi connectivity index (χ2v) is 5.48. The number of H-pyrrole nitrogens is 1. The molecule has 0 unspecified atom stereocenters. The van der Waals surface area contributed by atoms with E-state index >= 15 is 0 Å². The van der Waals surface area contributed by atoms with Gasteiger partial charge in [-0.25, -0.2) is 0 Å². The lowest BCUT2D eigenvalue weighted by molar-refractivity contribution is -0.141. The van der Waals surface area contributed by atoms with Crippen LogP contribution in [0.5, 0.6) is 0 Å². The lowest BCUT2D eigenvalue weighted by Crippen LogP contribution is -2.57. The van der Waals surface area contributed by atoms with E-state index in [1.807, 2.05) is 0 Å². The summed E-state index contributed by atoms with van der Waals surface area (Å²) in [7, 11) is 0. The number of nitrogens with zero attached hydrogens (tertiary/aromatic N) is 1. The molecule has 0 spiro atoms. The molecule has 1 fully saturated rings. The van der Waals surface area contributed by atoms with Gasteiger partial charge in [0.1, 0.15) is 11.2 Å². The Hall–Kier alpha value is -2.06. The second kappa shape index (κ2) is 5.98. The Bertz CT molecular complexity index is 560. The van der Waals surface area contributed by atoms with Gasteiger partial charge in [0, 0.05) is 6.07 Å². The molecule has 1 aliphatic carbocycles. The van der Waals surface area contributed by atoms with E-state index in [0.29, 0.717) is 18.9 Å². The highest BCUT2D eigenvalue weighted by molar-refractivity contribution is 5.97. The van der Waals surface area contributed by atoms with E-state index < -0.39 is 34.9 Å². The number of halogens is 3. The summed E-state index contributed by atoms with van der Waals surface area (Å²) >= 11 is 0. The number of nitrogens with two attached hydrogens (primary N) is 1. The maximum Gasteiger partial charge on any atom is 0.432 e. The van der Waals surface area contributed by atoms with Gasteiger partial charge in [-0.05, 0) is 12.8 Å². The van der Waals surface area contributed by atoms with Crippen LogP contribution in [0.15, 0.2) is 6.07 Å². The van der Waals surface area contributed by atoms with Gasteiger partial charge in [0.2, 0.25) is 5.91 Å².